The van der Waals surface area contributed by atoms with E-state index < -0.39 is 0 Å². The van der Waals surface area contributed by atoms with E-state index >= 15 is 0 Å². The van der Waals surface area contributed by atoms with Gasteiger partial charge in [-0.1, -0.05) is 6.07 Å². The average molecular weight is 321 g/mol. The van der Waals surface area contributed by atoms with Gasteiger partial charge in [-0.2, -0.15) is 4.37 Å². The van der Waals surface area contributed by atoms with Crippen molar-refractivity contribution in [3.8, 4) is 0 Å². The van der Waals surface area contributed by atoms with E-state index in [1.807, 2.05) is 24.4 Å². The molecule has 6 nitrogen and oxygen atoms in total. The van der Waals surface area contributed by atoms with Gasteiger partial charge < -0.3 is 14.5 Å². The third kappa shape index (κ3) is 3.41. The number of pyridine rings is 1. The van der Waals surface area contributed by atoms with Crippen molar-refractivity contribution in [2.24, 2.45) is 0 Å². The van der Waals surface area contributed by atoms with E-state index in [1.54, 1.807) is 25.2 Å². The predicted molar refractivity (Wildman–Crippen MR) is 82.8 cm³/mol. The molecule has 3 heterocycles. The van der Waals surface area contributed by atoms with E-state index in [4.69, 9.17) is 4.74 Å². The van der Waals surface area contributed by atoms with Crippen LogP contribution in [0.25, 0.3) is 5.65 Å². The number of hydrogen-bond donors (Lipinski definition) is 1. The molecule has 3 aromatic heterocycles. The first-order valence-electron chi connectivity index (χ1n) is 6.48. The summed E-state index contributed by atoms with van der Waals surface area (Å²) in [6, 6.07) is 6.00. The maximum atomic E-state index is 5.06. The highest BCUT2D eigenvalue weighted by Crippen LogP contribution is 2.30. The molecule has 0 fully saturated rings. The van der Waals surface area contributed by atoms with Crippen molar-refractivity contribution < 1.29 is 4.74 Å². The van der Waals surface area contributed by atoms with Gasteiger partial charge in [-0.3, -0.25) is 0 Å². The summed E-state index contributed by atoms with van der Waals surface area (Å²) < 4.78 is 12.1. The molecule has 0 amide bonds. The minimum atomic E-state index is 0.690. The zero-order chi connectivity index (χ0) is 14.5. The first kappa shape index (κ1) is 14.5. The number of imidazole rings is 1. The van der Waals surface area contributed by atoms with Gasteiger partial charge in [0.25, 0.3) is 0 Å². The van der Waals surface area contributed by atoms with E-state index in [2.05, 4.69) is 24.1 Å². The fraction of sp³-hybridized carbons (Fsp3) is 0.308. The maximum Gasteiger partial charge on any atom is 0.176 e. The lowest BCUT2D eigenvalue weighted by molar-refractivity contribution is 0.199. The van der Waals surface area contributed by atoms with Crippen molar-refractivity contribution in [2.45, 2.75) is 15.9 Å². The van der Waals surface area contributed by atoms with Crippen LogP contribution in [-0.4, -0.2) is 39.0 Å². The van der Waals surface area contributed by atoms with Gasteiger partial charge in [0.1, 0.15) is 17.0 Å². The van der Waals surface area contributed by atoms with Crippen molar-refractivity contribution in [1.82, 2.24) is 24.1 Å². The minimum Gasteiger partial charge on any atom is -0.383 e. The van der Waals surface area contributed by atoms with E-state index in [1.165, 1.54) is 11.5 Å². The Kier molecular flexibility index (Phi) is 4.81. The number of aromatic nitrogens is 4. The zero-order valence-electron chi connectivity index (χ0n) is 11.5. The smallest absolute Gasteiger partial charge is 0.176 e. The van der Waals surface area contributed by atoms with Crippen LogP contribution < -0.4 is 5.32 Å². The fourth-order valence-electron chi connectivity index (χ4n) is 1.94. The van der Waals surface area contributed by atoms with Gasteiger partial charge in [-0.15, -0.1) is 0 Å². The normalized spacial score (nSPS) is 11.3. The summed E-state index contributed by atoms with van der Waals surface area (Å²) >= 11 is 2.93. The molecule has 3 rings (SSSR count). The number of fused-ring (bicyclic) bond motifs is 1. The van der Waals surface area contributed by atoms with Crippen LogP contribution in [0.2, 0.25) is 0 Å². The molecule has 0 radical (unpaired) electrons. The van der Waals surface area contributed by atoms with Gasteiger partial charge in [0.15, 0.2) is 4.34 Å². The van der Waals surface area contributed by atoms with Crippen molar-refractivity contribution in [3.63, 3.8) is 0 Å². The second-order valence-corrected chi connectivity index (χ2v) is 6.29. The van der Waals surface area contributed by atoms with Gasteiger partial charge in [0.05, 0.1) is 12.3 Å². The van der Waals surface area contributed by atoms with Crippen LogP contribution in [0.5, 0.6) is 0 Å². The highest BCUT2D eigenvalue weighted by atomic mass is 32.2. The van der Waals surface area contributed by atoms with Crippen molar-refractivity contribution in [1.29, 1.82) is 0 Å². The molecule has 3 aromatic rings. The first-order valence-corrected chi connectivity index (χ1v) is 8.07. The summed E-state index contributed by atoms with van der Waals surface area (Å²) in [5.41, 5.74) is 2.06. The number of hydrogen-bond acceptors (Lipinski definition) is 7. The SMILES string of the molecule is COCCNCc1c(Sc2ncns2)nc2ccccn12. The lowest BCUT2D eigenvalue weighted by atomic mass is 10.4. The quantitative estimate of drug-likeness (QED) is 0.672. The van der Waals surface area contributed by atoms with Crippen LogP contribution in [0.3, 0.4) is 0 Å². The summed E-state index contributed by atoms with van der Waals surface area (Å²) in [6.07, 6.45) is 3.60. The van der Waals surface area contributed by atoms with E-state index in [0.717, 1.165) is 33.8 Å². The molecule has 0 aliphatic carbocycles. The second kappa shape index (κ2) is 6.99. The van der Waals surface area contributed by atoms with Crippen LogP contribution in [0, 0.1) is 0 Å². The van der Waals surface area contributed by atoms with Crippen molar-refractivity contribution in [3.05, 3.63) is 36.4 Å². The second-order valence-electron chi connectivity index (χ2n) is 4.27. The van der Waals surface area contributed by atoms with E-state index in [0.29, 0.717) is 6.61 Å². The predicted octanol–water partition coefficient (Wildman–Crippen LogP) is 2.07. The third-order valence-electron chi connectivity index (χ3n) is 2.89. The maximum absolute atomic E-state index is 5.06. The molecule has 0 aliphatic heterocycles. The zero-order valence-corrected chi connectivity index (χ0v) is 13.2. The molecule has 0 unspecified atom stereocenters. The summed E-state index contributed by atoms with van der Waals surface area (Å²) in [7, 11) is 1.70. The molecule has 0 spiro atoms. The van der Waals surface area contributed by atoms with Crippen LogP contribution in [-0.2, 0) is 11.3 Å². The summed E-state index contributed by atoms with van der Waals surface area (Å²) in [5, 5.41) is 4.33. The molecule has 0 saturated carbocycles. The van der Waals surface area contributed by atoms with Crippen LogP contribution >= 0.6 is 23.3 Å². The lowest BCUT2D eigenvalue weighted by Crippen LogP contribution is -2.19. The molecule has 110 valence electrons. The molecular formula is C13H15N5OS2. The molecule has 0 atom stereocenters. The third-order valence-corrected chi connectivity index (χ3v) is 4.63. The van der Waals surface area contributed by atoms with Gasteiger partial charge in [0, 0.05) is 26.4 Å². The molecule has 1 N–H and O–H groups in total. The van der Waals surface area contributed by atoms with Crippen LogP contribution in [0.4, 0.5) is 0 Å². The molecule has 0 bridgehead atoms. The number of nitrogens with zero attached hydrogens (tertiary/aromatic N) is 4. The Bertz CT molecular complexity index is 698. The molecule has 0 aliphatic rings. The summed E-state index contributed by atoms with van der Waals surface area (Å²) in [5.74, 6) is 0. The number of rotatable bonds is 7. The van der Waals surface area contributed by atoms with E-state index in [-0.39, 0.29) is 0 Å². The Labute approximate surface area is 130 Å². The minimum absolute atomic E-state index is 0.690. The Hall–Kier alpha value is -1.48. The summed E-state index contributed by atoms with van der Waals surface area (Å²) in [4.78, 5) is 8.89. The number of nitrogens with one attached hydrogen (secondary N) is 1. The molecule has 8 heteroatoms. The van der Waals surface area contributed by atoms with Gasteiger partial charge in [-0.25, -0.2) is 9.97 Å². The topological polar surface area (TPSA) is 64.3 Å². The Morgan fingerprint density at radius 2 is 2.38 bits per heavy atom. The average Bonchev–Trinajstić information content (AvgIpc) is 3.12. The Morgan fingerprint density at radius 1 is 1.43 bits per heavy atom. The molecule has 0 aromatic carbocycles. The van der Waals surface area contributed by atoms with Gasteiger partial charge in [0.2, 0.25) is 0 Å². The molecular weight excluding hydrogens is 306 g/mol. The summed E-state index contributed by atoms with van der Waals surface area (Å²) in [6.45, 7) is 2.23. The van der Waals surface area contributed by atoms with Crippen LogP contribution in [0.1, 0.15) is 5.69 Å². The largest absolute Gasteiger partial charge is 0.383 e. The standard InChI is InChI=1S/C13H15N5OS2/c1-19-7-5-14-8-10-12(20-13-15-9-16-21-13)17-11-4-2-3-6-18(10)11/h2-4,6,9,14H,5,7-8H2,1H3. The highest BCUT2D eigenvalue weighted by molar-refractivity contribution is 8.00. The Morgan fingerprint density at radius 3 is 3.19 bits per heavy atom. The first-order chi connectivity index (χ1) is 10.4. The van der Waals surface area contributed by atoms with E-state index in [9.17, 15) is 0 Å². The lowest BCUT2D eigenvalue weighted by Gasteiger charge is -2.06. The van der Waals surface area contributed by atoms with Gasteiger partial charge >= 0.3 is 0 Å². The fourth-order valence-corrected chi connectivity index (χ4v) is 3.43. The monoisotopic (exact) mass is 321 g/mol. The van der Waals surface area contributed by atoms with Crippen molar-refractivity contribution in [2.75, 3.05) is 20.3 Å². The Balaban J connectivity index is 1.86. The number of ether oxygens (including phenoxy) is 1. The van der Waals surface area contributed by atoms with Crippen molar-refractivity contribution >= 4 is 28.9 Å². The number of methoxy groups -OCH3 is 1. The highest BCUT2D eigenvalue weighted by Gasteiger charge is 2.14. The van der Waals surface area contributed by atoms with Crippen LogP contribution in [0.15, 0.2) is 40.1 Å². The molecule has 21 heavy (non-hydrogen) atoms. The van der Waals surface area contributed by atoms with Gasteiger partial charge in [-0.05, 0) is 35.4 Å². The molecule has 0 saturated heterocycles.